The average molecular weight is 471 g/mol. The smallest absolute Gasteiger partial charge is 0.264 e. The number of halogens is 2. The van der Waals surface area contributed by atoms with Gasteiger partial charge in [0.1, 0.15) is 11.6 Å². The van der Waals surface area contributed by atoms with E-state index < -0.39 is 21.7 Å². The van der Waals surface area contributed by atoms with Crippen molar-refractivity contribution in [3.05, 3.63) is 95.1 Å². The van der Waals surface area contributed by atoms with Gasteiger partial charge in [-0.1, -0.05) is 41.5 Å². The number of aryl methyl sites for hydroxylation is 2. The van der Waals surface area contributed by atoms with E-state index in [1.165, 1.54) is 12.1 Å². The number of anilines is 1. The summed E-state index contributed by atoms with van der Waals surface area (Å²) in [6.45, 7) is 5.50. The third kappa shape index (κ3) is 5.25. The van der Waals surface area contributed by atoms with E-state index in [0.717, 1.165) is 17.2 Å². The minimum Gasteiger partial charge on any atom is -0.299 e. The number of piperidine rings is 1. The van der Waals surface area contributed by atoms with Crippen molar-refractivity contribution in [3.63, 3.8) is 0 Å². The normalized spacial score (nSPS) is 15.5. The zero-order valence-corrected chi connectivity index (χ0v) is 19.7. The molecule has 1 saturated heterocycles. The van der Waals surface area contributed by atoms with E-state index >= 15 is 0 Å². The van der Waals surface area contributed by atoms with Crippen LogP contribution in [0.5, 0.6) is 0 Å². The Morgan fingerprint density at radius 1 is 0.879 bits per heavy atom. The minimum atomic E-state index is -3.76. The lowest BCUT2D eigenvalue weighted by atomic mass is 10.0. The molecule has 0 radical (unpaired) electrons. The molecule has 1 aliphatic rings. The average Bonchev–Trinajstić information content (AvgIpc) is 2.78. The molecular weight excluding hydrogens is 442 g/mol. The molecule has 0 atom stereocenters. The first kappa shape index (κ1) is 23.4. The second-order valence-electron chi connectivity index (χ2n) is 8.69. The molecule has 0 bridgehead atoms. The van der Waals surface area contributed by atoms with Crippen molar-refractivity contribution in [1.29, 1.82) is 0 Å². The second kappa shape index (κ2) is 9.61. The molecule has 4 nitrogen and oxygen atoms in total. The summed E-state index contributed by atoms with van der Waals surface area (Å²) in [5, 5.41) is 0. The van der Waals surface area contributed by atoms with Gasteiger partial charge >= 0.3 is 0 Å². The molecule has 33 heavy (non-hydrogen) atoms. The molecule has 0 aliphatic carbocycles. The van der Waals surface area contributed by atoms with Crippen LogP contribution in [0.1, 0.15) is 29.5 Å². The predicted octanol–water partition coefficient (Wildman–Crippen LogP) is 5.44. The molecular formula is C26H28F2N2O2S. The molecule has 0 saturated carbocycles. The molecule has 0 amide bonds. The van der Waals surface area contributed by atoms with Crippen LogP contribution in [0.25, 0.3) is 0 Å². The van der Waals surface area contributed by atoms with Crippen LogP contribution in [0.15, 0.2) is 71.6 Å². The molecule has 3 aromatic carbocycles. The molecule has 1 fully saturated rings. The highest BCUT2D eigenvalue weighted by atomic mass is 32.2. The van der Waals surface area contributed by atoms with Crippen LogP contribution >= 0.6 is 0 Å². The van der Waals surface area contributed by atoms with E-state index in [2.05, 4.69) is 4.90 Å². The van der Waals surface area contributed by atoms with Gasteiger partial charge in [-0.2, -0.15) is 0 Å². The Morgan fingerprint density at radius 3 is 2.03 bits per heavy atom. The van der Waals surface area contributed by atoms with Crippen molar-refractivity contribution in [3.8, 4) is 0 Å². The standard InChI is InChI=1S/C26H28F2N2O2S/c1-19-3-9-23(10-4-19)30(33(31,32)25-11-5-20(2)6-12-25)24-13-15-29(16-14-24)18-21-7-8-22(27)17-26(21)28/h3-12,17,24H,13-16,18H2,1-2H3. The number of hydrogen-bond acceptors (Lipinski definition) is 3. The lowest BCUT2D eigenvalue weighted by Gasteiger charge is -2.39. The van der Waals surface area contributed by atoms with Gasteiger partial charge in [-0.15, -0.1) is 0 Å². The summed E-state index contributed by atoms with van der Waals surface area (Å²) in [6.07, 6.45) is 1.23. The minimum absolute atomic E-state index is 0.215. The van der Waals surface area contributed by atoms with Crippen LogP contribution in [0, 0.1) is 25.5 Å². The Labute approximate surface area is 194 Å². The second-order valence-corrected chi connectivity index (χ2v) is 10.5. The van der Waals surface area contributed by atoms with Gasteiger partial charge in [0.25, 0.3) is 10.0 Å². The van der Waals surface area contributed by atoms with Gasteiger partial charge in [0.15, 0.2) is 0 Å². The van der Waals surface area contributed by atoms with Crippen LogP contribution in [0.2, 0.25) is 0 Å². The first-order valence-corrected chi connectivity index (χ1v) is 12.5. The lowest BCUT2D eigenvalue weighted by molar-refractivity contribution is 0.204. The quantitative estimate of drug-likeness (QED) is 0.482. The van der Waals surface area contributed by atoms with Gasteiger partial charge < -0.3 is 0 Å². The Kier molecular flexibility index (Phi) is 6.81. The summed E-state index contributed by atoms with van der Waals surface area (Å²) in [6, 6.07) is 17.9. The van der Waals surface area contributed by atoms with Crippen LogP contribution < -0.4 is 4.31 Å². The van der Waals surface area contributed by atoms with E-state index in [1.807, 2.05) is 38.1 Å². The summed E-state index contributed by atoms with van der Waals surface area (Å²) < 4.78 is 56.3. The van der Waals surface area contributed by atoms with Gasteiger partial charge in [-0.05, 0) is 57.0 Å². The van der Waals surface area contributed by atoms with Crippen LogP contribution in [0.3, 0.4) is 0 Å². The first-order chi connectivity index (χ1) is 15.7. The molecule has 0 aromatic heterocycles. The van der Waals surface area contributed by atoms with Gasteiger partial charge in [0, 0.05) is 37.3 Å². The SMILES string of the molecule is Cc1ccc(N(C2CCN(Cc3ccc(F)cc3F)CC2)S(=O)(=O)c2ccc(C)cc2)cc1. The largest absolute Gasteiger partial charge is 0.299 e. The molecule has 174 valence electrons. The first-order valence-electron chi connectivity index (χ1n) is 11.1. The number of rotatable bonds is 6. The third-order valence-corrected chi connectivity index (χ3v) is 8.06. The van der Waals surface area contributed by atoms with Crippen LogP contribution in [0.4, 0.5) is 14.5 Å². The summed E-state index contributed by atoms with van der Waals surface area (Å²) in [5.74, 6) is -1.15. The van der Waals surface area contributed by atoms with E-state index in [4.69, 9.17) is 0 Å². The molecule has 0 unspecified atom stereocenters. The topological polar surface area (TPSA) is 40.6 Å². The van der Waals surface area contributed by atoms with Crippen molar-refractivity contribution in [2.24, 2.45) is 0 Å². The maximum absolute atomic E-state index is 14.1. The van der Waals surface area contributed by atoms with Crippen molar-refractivity contribution in [2.45, 2.75) is 44.2 Å². The zero-order valence-electron chi connectivity index (χ0n) is 18.8. The fourth-order valence-electron chi connectivity index (χ4n) is 4.26. The number of sulfonamides is 1. The molecule has 7 heteroatoms. The molecule has 1 heterocycles. The molecule has 0 N–H and O–H groups in total. The number of benzene rings is 3. The Bertz CT molecular complexity index is 1200. The molecule has 4 rings (SSSR count). The highest BCUT2D eigenvalue weighted by Crippen LogP contribution is 2.31. The highest BCUT2D eigenvalue weighted by Gasteiger charge is 2.34. The maximum Gasteiger partial charge on any atom is 0.264 e. The summed E-state index contributed by atoms with van der Waals surface area (Å²) in [4.78, 5) is 2.35. The molecule has 3 aromatic rings. The summed E-state index contributed by atoms with van der Waals surface area (Å²) in [5.41, 5.74) is 3.14. The van der Waals surface area contributed by atoms with Gasteiger partial charge in [0.2, 0.25) is 0 Å². The highest BCUT2D eigenvalue weighted by molar-refractivity contribution is 7.92. The van der Waals surface area contributed by atoms with Crippen LogP contribution in [-0.4, -0.2) is 32.4 Å². The van der Waals surface area contributed by atoms with Crippen molar-refractivity contribution < 1.29 is 17.2 Å². The fourth-order valence-corrected chi connectivity index (χ4v) is 5.97. The molecule has 0 spiro atoms. The van der Waals surface area contributed by atoms with Crippen molar-refractivity contribution in [1.82, 2.24) is 4.90 Å². The number of likely N-dealkylation sites (tertiary alicyclic amines) is 1. The predicted molar refractivity (Wildman–Crippen MR) is 127 cm³/mol. The van der Waals surface area contributed by atoms with E-state index in [0.29, 0.717) is 43.7 Å². The van der Waals surface area contributed by atoms with Crippen LogP contribution in [-0.2, 0) is 16.6 Å². The van der Waals surface area contributed by atoms with Gasteiger partial charge in [-0.25, -0.2) is 17.2 Å². The fraction of sp³-hybridized carbons (Fsp3) is 0.308. The third-order valence-electron chi connectivity index (χ3n) is 6.16. The van der Waals surface area contributed by atoms with E-state index in [-0.39, 0.29) is 10.9 Å². The van der Waals surface area contributed by atoms with Gasteiger partial charge in [-0.3, -0.25) is 9.21 Å². The molecule has 1 aliphatic heterocycles. The monoisotopic (exact) mass is 470 g/mol. The van der Waals surface area contributed by atoms with E-state index in [1.54, 1.807) is 28.6 Å². The maximum atomic E-state index is 14.1. The summed E-state index contributed by atoms with van der Waals surface area (Å²) >= 11 is 0. The Hall–Kier alpha value is -2.77. The van der Waals surface area contributed by atoms with E-state index in [9.17, 15) is 17.2 Å². The number of nitrogens with zero attached hydrogens (tertiary/aromatic N) is 2. The summed E-state index contributed by atoms with van der Waals surface area (Å²) in [7, 11) is -3.76. The number of hydrogen-bond donors (Lipinski definition) is 0. The van der Waals surface area contributed by atoms with Gasteiger partial charge in [0.05, 0.1) is 10.6 Å². The Morgan fingerprint density at radius 2 is 1.45 bits per heavy atom. The Balaban J connectivity index is 1.57. The van der Waals surface area contributed by atoms with Crippen molar-refractivity contribution >= 4 is 15.7 Å². The lowest BCUT2D eigenvalue weighted by Crippen LogP contribution is -2.47. The van der Waals surface area contributed by atoms with Crippen molar-refractivity contribution in [2.75, 3.05) is 17.4 Å². The zero-order chi connectivity index (χ0) is 23.6.